The molecule has 0 aliphatic rings. The van der Waals surface area contributed by atoms with E-state index >= 15 is 0 Å². The highest BCUT2D eigenvalue weighted by atomic mass is 31.2. The number of phenols is 1. The summed E-state index contributed by atoms with van der Waals surface area (Å²) in [6.07, 6.45) is 0.166. The van der Waals surface area contributed by atoms with Crippen LogP contribution in [0.15, 0.2) is 12.1 Å². The topological polar surface area (TPSA) is 72.5 Å². The monoisotopic (exact) mass is 355 g/mol. The lowest BCUT2D eigenvalue weighted by Gasteiger charge is -2.30. The number of benzene rings is 1. The molecule has 24 heavy (non-hydrogen) atoms. The summed E-state index contributed by atoms with van der Waals surface area (Å²) in [6, 6.07) is 3.76. The first-order valence-electron chi connectivity index (χ1n) is 8.65. The Kier molecular flexibility index (Phi) is 6.36. The summed E-state index contributed by atoms with van der Waals surface area (Å²) in [5, 5.41) is 10.8. The van der Waals surface area contributed by atoms with E-state index in [0.717, 1.165) is 16.7 Å². The first-order valence-corrected chi connectivity index (χ1v) is 10.6. The molecular weight excluding hydrogens is 321 g/mol. The Labute approximate surface area is 147 Å². The Morgan fingerprint density at radius 1 is 1.04 bits per heavy atom. The minimum Gasteiger partial charge on any atom is -0.507 e. The molecule has 0 radical (unpaired) electrons. The van der Waals surface area contributed by atoms with Gasteiger partial charge in [-0.25, -0.2) is 0 Å². The molecule has 0 aliphatic carbocycles. The van der Waals surface area contributed by atoms with Crippen molar-refractivity contribution in [3.05, 3.63) is 28.8 Å². The predicted molar refractivity (Wildman–Crippen MR) is 102 cm³/mol. The summed E-state index contributed by atoms with van der Waals surface area (Å²) in [5.74, 6) is 0.306. The summed E-state index contributed by atoms with van der Waals surface area (Å²) in [6.45, 7) is 16.0. The molecule has 0 spiro atoms. The molecule has 0 saturated carbocycles. The van der Waals surface area contributed by atoms with E-state index in [-0.39, 0.29) is 10.8 Å². The van der Waals surface area contributed by atoms with Gasteiger partial charge in [-0.3, -0.25) is 4.57 Å². The molecule has 4 nitrogen and oxygen atoms in total. The molecule has 0 aromatic heterocycles. The predicted octanol–water partition coefficient (Wildman–Crippen LogP) is 5.28. The second-order valence-electron chi connectivity index (χ2n) is 8.44. The third kappa shape index (κ3) is 4.84. The van der Waals surface area contributed by atoms with Gasteiger partial charge in [0, 0.05) is 12.3 Å². The molecule has 138 valence electrons. The number of aromatic hydroxyl groups is 1. The van der Waals surface area contributed by atoms with Gasteiger partial charge in [0.1, 0.15) is 12.0 Å². The highest BCUT2D eigenvalue weighted by Crippen LogP contribution is 2.50. The van der Waals surface area contributed by atoms with Crippen LogP contribution >= 0.6 is 7.37 Å². The third-order valence-electron chi connectivity index (χ3n) is 4.35. The van der Waals surface area contributed by atoms with Gasteiger partial charge < -0.3 is 15.4 Å². The van der Waals surface area contributed by atoms with E-state index < -0.39 is 13.6 Å². The lowest BCUT2D eigenvalue weighted by atomic mass is 9.78. The number of hydrogen-bond acceptors (Lipinski definition) is 4. The van der Waals surface area contributed by atoms with E-state index in [4.69, 9.17) is 10.3 Å². The van der Waals surface area contributed by atoms with Gasteiger partial charge in [0.05, 0.1) is 0 Å². The van der Waals surface area contributed by atoms with Gasteiger partial charge in [-0.1, -0.05) is 55.4 Å². The lowest BCUT2D eigenvalue weighted by Crippen LogP contribution is -2.21. The van der Waals surface area contributed by atoms with Crippen molar-refractivity contribution in [3.8, 4) is 5.75 Å². The van der Waals surface area contributed by atoms with Gasteiger partial charge in [-0.2, -0.15) is 0 Å². The van der Waals surface area contributed by atoms with E-state index in [1.165, 1.54) is 0 Å². The highest BCUT2D eigenvalue weighted by molar-refractivity contribution is 7.58. The van der Waals surface area contributed by atoms with E-state index in [1.807, 2.05) is 67.5 Å². The smallest absolute Gasteiger partial charge is 0.204 e. The Morgan fingerprint density at radius 3 is 1.71 bits per heavy atom. The van der Waals surface area contributed by atoms with E-state index in [0.29, 0.717) is 18.1 Å². The summed E-state index contributed by atoms with van der Waals surface area (Å²) < 4.78 is 18.4. The Balaban J connectivity index is 3.47. The minimum atomic E-state index is -2.71. The Hall–Kier alpha value is -0.830. The van der Waals surface area contributed by atoms with Crippen molar-refractivity contribution >= 4 is 7.37 Å². The maximum atomic E-state index is 12.6. The zero-order valence-corrected chi connectivity index (χ0v) is 17.3. The molecular formula is C19H34NO3P. The van der Waals surface area contributed by atoms with E-state index in [1.54, 1.807) is 0 Å². The molecule has 1 aromatic carbocycles. The average Bonchev–Trinajstić information content (AvgIpc) is 2.44. The first-order chi connectivity index (χ1) is 10.7. The molecule has 1 unspecified atom stereocenters. The van der Waals surface area contributed by atoms with E-state index in [9.17, 15) is 9.67 Å². The zero-order valence-electron chi connectivity index (χ0n) is 16.4. The SMILES string of the molecule is CCP(=O)(CC)OC(N)c1cc(C(C)(C)C)c(O)c(C(C)(C)C)c1. The van der Waals surface area contributed by atoms with Crippen LogP contribution in [0, 0.1) is 0 Å². The van der Waals surface area contributed by atoms with Crippen LogP contribution < -0.4 is 5.73 Å². The Morgan fingerprint density at radius 2 is 1.42 bits per heavy atom. The molecule has 0 heterocycles. The molecule has 1 atom stereocenters. The molecule has 0 aliphatic heterocycles. The molecule has 0 saturated heterocycles. The van der Waals surface area contributed by atoms with Crippen LogP contribution in [0.1, 0.15) is 78.3 Å². The van der Waals surface area contributed by atoms with Gasteiger partial charge in [-0.05, 0) is 39.7 Å². The molecule has 0 fully saturated rings. The van der Waals surface area contributed by atoms with Crippen LogP contribution in [-0.4, -0.2) is 17.4 Å². The molecule has 1 rings (SSSR count). The molecule has 0 amide bonds. The van der Waals surface area contributed by atoms with Crippen LogP contribution in [0.3, 0.4) is 0 Å². The standard InChI is InChI=1S/C19H34NO3P/c1-9-24(22,10-2)23-17(20)13-11-14(18(3,4)5)16(21)15(12-13)19(6,7)8/h11-12,17,21H,9-10,20H2,1-8H3. The van der Waals surface area contributed by atoms with Crippen molar-refractivity contribution in [2.75, 3.05) is 12.3 Å². The number of hydrogen-bond donors (Lipinski definition) is 2. The van der Waals surface area contributed by atoms with Crippen molar-refractivity contribution in [1.29, 1.82) is 0 Å². The van der Waals surface area contributed by atoms with Gasteiger partial charge in [0.25, 0.3) is 0 Å². The van der Waals surface area contributed by atoms with Crippen molar-refractivity contribution in [2.24, 2.45) is 5.73 Å². The fourth-order valence-corrected chi connectivity index (χ4v) is 3.89. The maximum Gasteiger partial charge on any atom is 0.204 e. The Bertz CT molecular complexity index is 583. The van der Waals surface area contributed by atoms with E-state index in [2.05, 4.69) is 0 Å². The number of rotatable bonds is 5. The van der Waals surface area contributed by atoms with Crippen molar-refractivity contribution < 1.29 is 14.2 Å². The average molecular weight is 355 g/mol. The van der Waals surface area contributed by atoms with Crippen LogP contribution in [-0.2, 0) is 19.9 Å². The largest absolute Gasteiger partial charge is 0.507 e. The van der Waals surface area contributed by atoms with Crippen LogP contribution in [0.5, 0.6) is 5.75 Å². The van der Waals surface area contributed by atoms with Gasteiger partial charge in [-0.15, -0.1) is 0 Å². The van der Waals surface area contributed by atoms with Crippen molar-refractivity contribution in [1.82, 2.24) is 0 Å². The molecule has 5 heteroatoms. The molecule has 3 N–H and O–H groups in total. The minimum absolute atomic E-state index is 0.237. The third-order valence-corrected chi connectivity index (χ3v) is 6.88. The van der Waals surface area contributed by atoms with Gasteiger partial charge in [0.2, 0.25) is 7.37 Å². The second-order valence-corrected chi connectivity index (χ2v) is 11.5. The highest BCUT2D eigenvalue weighted by Gasteiger charge is 2.29. The fraction of sp³-hybridized carbons (Fsp3) is 0.684. The van der Waals surface area contributed by atoms with Crippen LogP contribution in [0.25, 0.3) is 0 Å². The molecule has 1 aromatic rings. The number of nitrogens with two attached hydrogens (primary N) is 1. The summed E-state index contributed by atoms with van der Waals surface area (Å²) >= 11 is 0. The lowest BCUT2D eigenvalue weighted by molar-refractivity contribution is 0.216. The van der Waals surface area contributed by atoms with Crippen molar-refractivity contribution in [3.63, 3.8) is 0 Å². The van der Waals surface area contributed by atoms with Crippen LogP contribution in [0.4, 0.5) is 0 Å². The molecule has 0 bridgehead atoms. The summed E-state index contributed by atoms with van der Waals surface area (Å²) in [4.78, 5) is 0. The van der Waals surface area contributed by atoms with Crippen LogP contribution in [0.2, 0.25) is 0 Å². The summed E-state index contributed by atoms with van der Waals surface area (Å²) in [7, 11) is -2.71. The zero-order chi connectivity index (χ0) is 18.9. The maximum absolute atomic E-state index is 12.6. The van der Waals surface area contributed by atoms with Gasteiger partial charge >= 0.3 is 0 Å². The number of phenolic OH excluding ortho intramolecular Hbond substituents is 1. The van der Waals surface area contributed by atoms with Gasteiger partial charge in [0.15, 0.2) is 0 Å². The normalized spacial score (nSPS) is 14.7. The first kappa shape index (κ1) is 21.2. The second kappa shape index (κ2) is 7.19. The summed E-state index contributed by atoms with van der Waals surface area (Å²) in [5.41, 5.74) is 8.16. The fourth-order valence-electron chi connectivity index (χ4n) is 2.60. The van der Waals surface area contributed by atoms with Crippen molar-refractivity contribution in [2.45, 2.75) is 72.4 Å². The quantitative estimate of drug-likeness (QED) is 0.557.